The second-order valence-corrected chi connectivity index (χ2v) is 7.52. The first kappa shape index (κ1) is 19.9. The fraction of sp³-hybridized carbons (Fsp3) is 0.364. The summed E-state index contributed by atoms with van der Waals surface area (Å²) in [4.78, 5) is 29.4. The Morgan fingerprint density at radius 3 is 2.50 bits per heavy atom. The molecule has 3 amide bonds. The fourth-order valence-corrected chi connectivity index (χ4v) is 3.45. The van der Waals surface area contributed by atoms with Crippen LogP contribution in [0.3, 0.4) is 0 Å². The normalized spacial score (nSPS) is 17.4. The average Bonchev–Trinajstić information content (AvgIpc) is 2.67. The molecular weight excluding hydrogens is 352 g/mol. The van der Waals surface area contributed by atoms with E-state index in [2.05, 4.69) is 34.7 Å². The highest BCUT2D eigenvalue weighted by Gasteiger charge is 2.30. The highest BCUT2D eigenvalue weighted by Crippen LogP contribution is 2.27. The largest absolute Gasteiger partial charge is 0.336 e. The number of piperazine rings is 1. The summed E-state index contributed by atoms with van der Waals surface area (Å²) in [5.74, 6) is -0.0186. The second-order valence-electron chi connectivity index (χ2n) is 7.52. The molecule has 6 nitrogen and oxygen atoms in total. The summed E-state index contributed by atoms with van der Waals surface area (Å²) >= 11 is 0. The molecule has 0 aromatic heterocycles. The summed E-state index contributed by atoms with van der Waals surface area (Å²) in [5.41, 5.74) is 2.32. The molecular formula is C22H28N4O2. The van der Waals surface area contributed by atoms with Gasteiger partial charge in [-0.1, -0.05) is 36.4 Å². The van der Waals surface area contributed by atoms with Gasteiger partial charge in [0, 0.05) is 36.9 Å². The quantitative estimate of drug-likeness (QED) is 0.855. The Kier molecular flexibility index (Phi) is 6.31. The van der Waals surface area contributed by atoms with Crippen molar-refractivity contribution < 1.29 is 9.59 Å². The number of anilines is 1. The number of urea groups is 1. The van der Waals surface area contributed by atoms with Gasteiger partial charge in [-0.3, -0.25) is 4.79 Å². The average molecular weight is 380 g/mol. The van der Waals surface area contributed by atoms with Gasteiger partial charge in [0.1, 0.15) is 0 Å². The lowest BCUT2D eigenvalue weighted by molar-refractivity contribution is 0.0498. The number of likely N-dealkylation sites (N-methyl/N-ethyl adjacent to an activating group) is 1. The summed E-state index contributed by atoms with van der Waals surface area (Å²) in [6, 6.07) is 17.0. The molecule has 28 heavy (non-hydrogen) atoms. The topological polar surface area (TPSA) is 64.7 Å². The fourth-order valence-electron chi connectivity index (χ4n) is 3.45. The lowest BCUT2D eigenvalue weighted by Gasteiger charge is -2.40. The first-order chi connectivity index (χ1) is 13.4. The number of carbonyl (C=O) groups excluding carboxylic acids is 2. The maximum Gasteiger partial charge on any atom is 0.319 e. The SMILES string of the molecule is CC(C)NC(=O)Nc1cccc(C(=O)N2CCN(C)CC2c2ccccc2)c1. The van der Waals surface area contributed by atoms with E-state index >= 15 is 0 Å². The zero-order valence-corrected chi connectivity index (χ0v) is 16.7. The molecule has 1 atom stereocenters. The van der Waals surface area contributed by atoms with Crippen molar-refractivity contribution in [1.29, 1.82) is 0 Å². The van der Waals surface area contributed by atoms with E-state index in [4.69, 9.17) is 0 Å². The molecule has 2 N–H and O–H groups in total. The molecule has 2 aromatic carbocycles. The predicted molar refractivity (Wildman–Crippen MR) is 111 cm³/mol. The van der Waals surface area contributed by atoms with Crippen molar-refractivity contribution in [3.63, 3.8) is 0 Å². The molecule has 148 valence electrons. The van der Waals surface area contributed by atoms with Gasteiger partial charge in [-0.05, 0) is 44.7 Å². The molecule has 2 aromatic rings. The number of hydrogen-bond donors (Lipinski definition) is 2. The van der Waals surface area contributed by atoms with E-state index in [1.807, 2.05) is 36.9 Å². The van der Waals surface area contributed by atoms with E-state index in [-0.39, 0.29) is 24.0 Å². The minimum atomic E-state index is -0.277. The van der Waals surface area contributed by atoms with Gasteiger partial charge in [0.25, 0.3) is 5.91 Å². The Morgan fingerprint density at radius 1 is 1.04 bits per heavy atom. The van der Waals surface area contributed by atoms with Crippen LogP contribution in [0.2, 0.25) is 0 Å². The van der Waals surface area contributed by atoms with Crippen LogP contribution in [0.15, 0.2) is 54.6 Å². The van der Waals surface area contributed by atoms with Crippen molar-refractivity contribution in [2.45, 2.75) is 25.9 Å². The minimum Gasteiger partial charge on any atom is -0.336 e. The molecule has 1 fully saturated rings. The molecule has 0 radical (unpaired) electrons. The summed E-state index contributed by atoms with van der Waals surface area (Å²) in [6.45, 7) is 6.10. The lowest BCUT2D eigenvalue weighted by Crippen LogP contribution is -2.49. The summed E-state index contributed by atoms with van der Waals surface area (Å²) in [6.07, 6.45) is 0. The van der Waals surface area contributed by atoms with Gasteiger partial charge in [-0.15, -0.1) is 0 Å². The monoisotopic (exact) mass is 380 g/mol. The van der Waals surface area contributed by atoms with Gasteiger partial charge in [-0.2, -0.15) is 0 Å². The van der Waals surface area contributed by atoms with E-state index in [0.29, 0.717) is 17.8 Å². The molecule has 6 heteroatoms. The molecule has 0 spiro atoms. The van der Waals surface area contributed by atoms with Gasteiger partial charge in [0.2, 0.25) is 0 Å². The third-order valence-corrected chi connectivity index (χ3v) is 4.82. The van der Waals surface area contributed by atoms with Gasteiger partial charge >= 0.3 is 6.03 Å². The lowest BCUT2D eigenvalue weighted by atomic mass is 10.0. The van der Waals surface area contributed by atoms with Crippen molar-refractivity contribution in [3.8, 4) is 0 Å². The van der Waals surface area contributed by atoms with Crippen LogP contribution >= 0.6 is 0 Å². The van der Waals surface area contributed by atoms with Crippen LogP contribution in [-0.4, -0.2) is 54.5 Å². The Balaban J connectivity index is 1.80. The third kappa shape index (κ3) is 4.89. The zero-order chi connectivity index (χ0) is 20.1. The Labute approximate surface area is 166 Å². The van der Waals surface area contributed by atoms with Crippen LogP contribution in [0, 0.1) is 0 Å². The van der Waals surface area contributed by atoms with Crippen molar-refractivity contribution in [3.05, 3.63) is 65.7 Å². The maximum absolute atomic E-state index is 13.3. The molecule has 3 rings (SSSR count). The van der Waals surface area contributed by atoms with E-state index in [1.54, 1.807) is 24.3 Å². The predicted octanol–water partition coefficient (Wildman–Crippen LogP) is 3.35. The van der Waals surface area contributed by atoms with Gasteiger partial charge in [-0.25, -0.2) is 4.79 Å². The number of carbonyl (C=O) groups is 2. The number of benzene rings is 2. The van der Waals surface area contributed by atoms with Crippen molar-refractivity contribution >= 4 is 17.6 Å². The first-order valence-electron chi connectivity index (χ1n) is 9.66. The molecule has 0 saturated carbocycles. The zero-order valence-electron chi connectivity index (χ0n) is 16.7. The number of amides is 3. The highest BCUT2D eigenvalue weighted by molar-refractivity contribution is 5.97. The van der Waals surface area contributed by atoms with Gasteiger partial charge < -0.3 is 20.4 Å². The van der Waals surface area contributed by atoms with E-state index in [1.165, 1.54) is 0 Å². The van der Waals surface area contributed by atoms with Crippen molar-refractivity contribution in [2.75, 3.05) is 32.0 Å². The maximum atomic E-state index is 13.3. The van der Waals surface area contributed by atoms with Crippen LogP contribution in [0.4, 0.5) is 10.5 Å². The van der Waals surface area contributed by atoms with Gasteiger partial charge in [0.15, 0.2) is 0 Å². The van der Waals surface area contributed by atoms with E-state index < -0.39 is 0 Å². The number of nitrogens with zero attached hydrogens (tertiary/aromatic N) is 2. The summed E-state index contributed by atoms with van der Waals surface area (Å²) in [5, 5.41) is 5.58. The molecule has 0 bridgehead atoms. The van der Waals surface area contributed by atoms with Crippen LogP contribution in [0.25, 0.3) is 0 Å². The summed E-state index contributed by atoms with van der Waals surface area (Å²) in [7, 11) is 2.08. The number of nitrogens with one attached hydrogen (secondary N) is 2. The third-order valence-electron chi connectivity index (χ3n) is 4.82. The molecule has 1 aliphatic heterocycles. The second kappa shape index (κ2) is 8.89. The minimum absolute atomic E-state index is 0.00769. The van der Waals surface area contributed by atoms with Crippen LogP contribution in [0.1, 0.15) is 35.8 Å². The molecule has 1 unspecified atom stereocenters. The molecule has 1 saturated heterocycles. The Hall–Kier alpha value is -2.86. The molecule has 1 heterocycles. The smallest absolute Gasteiger partial charge is 0.319 e. The van der Waals surface area contributed by atoms with Crippen LogP contribution in [-0.2, 0) is 0 Å². The van der Waals surface area contributed by atoms with Crippen LogP contribution < -0.4 is 10.6 Å². The van der Waals surface area contributed by atoms with Gasteiger partial charge in [0.05, 0.1) is 6.04 Å². The summed E-state index contributed by atoms with van der Waals surface area (Å²) < 4.78 is 0. The number of rotatable bonds is 4. The molecule has 1 aliphatic rings. The Bertz CT molecular complexity index is 822. The van der Waals surface area contributed by atoms with Crippen LogP contribution in [0.5, 0.6) is 0 Å². The molecule has 0 aliphatic carbocycles. The van der Waals surface area contributed by atoms with Crippen molar-refractivity contribution in [1.82, 2.24) is 15.1 Å². The van der Waals surface area contributed by atoms with E-state index in [9.17, 15) is 9.59 Å². The standard InChI is InChI=1S/C22H28N4O2/c1-16(2)23-22(28)24-19-11-7-10-18(14-19)21(27)26-13-12-25(3)15-20(26)17-8-5-4-6-9-17/h4-11,14,16,20H,12-13,15H2,1-3H3,(H2,23,24,28). The number of hydrogen-bond acceptors (Lipinski definition) is 3. The first-order valence-corrected chi connectivity index (χ1v) is 9.66. The van der Waals surface area contributed by atoms with Crippen molar-refractivity contribution in [2.24, 2.45) is 0 Å². The Morgan fingerprint density at radius 2 is 1.79 bits per heavy atom. The highest BCUT2D eigenvalue weighted by atomic mass is 16.2. The van der Waals surface area contributed by atoms with E-state index in [0.717, 1.165) is 18.7 Å².